The molecule has 11 heteroatoms. The lowest BCUT2D eigenvalue weighted by Gasteiger charge is -2.37. The molecular weight excluding hydrogens is 490 g/mol. The number of aliphatic hydroxyl groups is 1. The number of aromatic nitrogens is 5. The summed E-state index contributed by atoms with van der Waals surface area (Å²) in [6.45, 7) is 4.18. The predicted octanol–water partition coefficient (Wildman–Crippen LogP) is 5.37. The summed E-state index contributed by atoms with van der Waals surface area (Å²) in [5.41, 5.74) is 0.815. The first kappa shape index (κ1) is 23.7. The topological polar surface area (TPSA) is 97.8 Å². The molecule has 2 aliphatic rings. The van der Waals surface area contributed by atoms with E-state index in [4.69, 9.17) is 9.40 Å². The van der Waals surface area contributed by atoms with Crippen molar-refractivity contribution >= 4 is 0 Å². The third kappa shape index (κ3) is 3.26. The van der Waals surface area contributed by atoms with Gasteiger partial charge in [-0.25, -0.2) is 27.5 Å². The molecule has 1 fully saturated rings. The SMILES string of the molecule is CC1(C)[C@H]2CC[C@@]1(c1cncc(-c3nc([C@H](O)C(F)F)co3)n1)c1nnc(-c3c(F)cccc3F)cc12. The second-order valence-electron chi connectivity index (χ2n) is 9.99. The Morgan fingerprint density at radius 3 is 2.54 bits per heavy atom. The standard InChI is InChI=1S/C26H21F4N5O2/c1-25(2)13-6-7-26(25,22-12(13)8-16(34-35-22)20-14(27)4-3-5-15(20)28)19-10-31-9-17(32-19)24-33-18(11-37-24)21(36)23(29)30/h3-5,8-11,13,21,23,36H,6-7H2,1-2H3/t13-,21-,26+/m0/s1. The monoisotopic (exact) mass is 511 g/mol. The van der Waals surface area contributed by atoms with Crippen molar-refractivity contribution in [1.82, 2.24) is 25.1 Å². The lowest BCUT2D eigenvalue weighted by molar-refractivity contribution is -0.00824. The molecule has 37 heavy (non-hydrogen) atoms. The molecule has 1 aromatic carbocycles. The highest BCUT2D eigenvalue weighted by Gasteiger charge is 2.65. The number of fused-ring (bicyclic) bond motifs is 5. The maximum absolute atomic E-state index is 14.5. The molecule has 4 aromatic rings. The normalized spacial score (nSPS) is 22.4. The van der Waals surface area contributed by atoms with Gasteiger partial charge in [-0.05, 0) is 47.9 Å². The van der Waals surface area contributed by atoms with E-state index < -0.39 is 35.0 Å². The second kappa shape index (κ2) is 8.14. The fraction of sp³-hybridized carbons (Fsp3) is 0.346. The first-order valence-corrected chi connectivity index (χ1v) is 11.7. The molecule has 1 saturated carbocycles. The smallest absolute Gasteiger partial charge is 0.269 e. The minimum absolute atomic E-state index is 0.0339. The van der Waals surface area contributed by atoms with Crippen LogP contribution >= 0.6 is 0 Å². The first-order chi connectivity index (χ1) is 17.6. The van der Waals surface area contributed by atoms with E-state index in [9.17, 15) is 22.7 Å². The highest BCUT2D eigenvalue weighted by atomic mass is 19.3. The van der Waals surface area contributed by atoms with Gasteiger partial charge in [0.2, 0.25) is 5.89 Å². The first-order valence-electron chi connectivity index (χ1n) is 11.7. The number of nitrogens with zero attached hydrogens (tertiary/aromatic N) is 5. The maximum Gasteiger partial charge on any atom is 0.269 e. The predicted molar refractivity (Wildman–Crippen MR) is 122 cm³/mol. The summed E-state index contributed by atoms with van der Waals surface area (Å²) < 4.78 is 60.0. The van der Waals surface area contributed by atoms with E-state index in [-0.39, 0.29) is 34.5 Å². The number of halogens is 4. The average Bonchev–Trinajstić information content (AvgIpc) is 3.52. The third-order valence-corrected chi connectivity index (χ3v) is 7.96. The summed E-state index contributed by atoms with van der Waals surface area (Å²) in [7, 11) is 0. The van der Waals surface area contributed by atoms with Gasteiger partial charge in [0, 0.05) is 6.20 Å². The molecule has 0 unspecified atom stereocenters. The maximum atomic E-state index is 14.5. The number of alkyl halides is 2. The summed E-state index contributed by atoms with van der Waals surface area (Å²) in [5.74, 6) is -1.45. The van der Waals surface area contributed by atoms with Crippen LogP contribution in [-0.2, 0) is 5.41 Å². The van der Waals surface area contributed by atoms with Gasteiger partial charge in [0.25, 0.3) is 6.43 Å². The number of rotatable bonds is 5. The van der Waals surface area contributed by atoms with E-state index in [2.05, 4.69) is 34.0 Å². The number of aliphatic hydroxyl groups excluding tert-OH is 1. The summed E-state index contributed by atoms with van der Waals surface area (Å²) >= 11 is 0. The van der Waals surface area contributed by atoms with Gasteiger partial charge >= 0.3 is 0 Å². The zero-order valence-corrected chi connectivity index (χ0v) is 19.8. The van der Waals surface area contributed by atoms with Crippen LogP contribution in [0.5, 0.6) is 0 Å². The van der Waals surface area contributed by atoms with Crippen LogP contribution in [0.1, 0.15) is 61.4 Å². The lowest BCUT2D eigenvalue weighted by Crippen LogP contribution is -2.38. The van der Waals surface area contributed by atoms with Gasteiger partial charge in [-0.2, -0.15) is 5.10 Å². The van der Waals surface area contributed by atoms with Crippen molar-refractivity contribution in [1.29, 1.82) is 0 Å². The van der Waals surface area contributed by atoms with E-state index in [0.29, 0.717) is 17.8 Å². The van der Waals surface area contributed by atoms with Gasteiger partial charge in [-0.1, -0.05) is 19.9 Å². The van der Waals surface area contributed by atoms with Crippen molar-refractivity contribution in [2.75, 3.05) is 0 Å². The molecule has 0 saturated heterocycles. The minimum atomic E-state index is -3.01. The van der Waals surface area contributed by atoms with Crippen LogP contribution in [0.3, 0.4) is 0 Å². The molecule has 0 amide bonds. The number of benzene rings is 1. The van der Waals surface area contributed by atoms with Gasteiger partial charge in [0.05, 0.1) is 34.3 Å². The second-order valence-corrected chi connectivity index (χ2v) is 9.99. The van der Waals surface area contributed by atoms with Crippen LogP contribution in [0.4, 0.5) is 17.6 Å². The van der Waals surface area contributed by atoms with Crippen molar-refractivity contribution in [3.63, 3.8) is 0 Å². The van der Waals surface area contributed by atoms with Crippen LogP contribution < -0.4 is 0 Å². The molecule has 0 spiro atoms. The Kier molecular flexibility index (Phi) is 5.20. The summed E-state index contributed by atoms with van der Waals surface area (Å²) in [4.78, 5) is 13.0. The van der Waals surface area contributed by atoms with E-state index >= 15 is 0 Å². The molecule has 2 aliphatic carbocycles. The zero-order chi connectivity index (χ0) is 26.1. The number of oxazole rings is 1. The number of hydrogen-bond donors (Lipinski definition) is 1. The van der Waals surface area contributed by atoms with E-state index in [0.717, 1.165) is 18.2 Å². The van der Waals surface area contributed by atoms with E-state index in [1.165, 1.54) is 24.4 Å². The average molecular weight is 511 g/mol. The molecule has 3 heterocycles. The van der Waals surface area contributed by atoms with Gasteiger partial charge in [0.15, 0.2) is 6.10 Å². The van der Waals surface area contributed by atoms with Gasteiger partial charge in [-0.15, -0.1) is 5.10 Å². The Morgan fingerprint density at radius 2 is 1.81 bits per heavy atom. The Labute approximate surface area is 208 Å². The molecule has 6 rings (SSSR count). The van der Waals surface area contributed by atoms with Gasteiger partial charge in [0.1, 0.15) is 29.3 Å². The molecule has 190 valence electrons. The molecule has 1 N–H and O–H groups in total. The van der Waals surface area contributed by atoms with Crippen molar-refractivity contribution in [3.05, 3.63) is 77.2 Å². The molecule has 0 aliphatic heterocycles. The van der Waals surface area contributed by atoms with E-state index in [1.807, 2.05) is 0 Å². The lowest BCUT2D eigenvalue weighted by atomic mass is 9.66. The summed E-state index contributed by atoms with van der Waals surface area (Å²) in [5, 5.41) is 18.3. The fourth-order valence-corrected chi connectivity index (χ4v) is 6.10. The highest BCUT2D eigenvalue weighted by molar-refractivity contribution is 5.64. The molecule has 3 atom stereocenters. The van der Waals surface area contributed by atoms with Crippen LogP contribution in [0, 0.1) is 17.0 Å². The molecule has 2 bridgehead atoms. The Morgan fingerprint density at radius 1 is 1.05 bits per heavy atom. The highest BCUT2D eigenvalue weighted by Crippen LogP contribution is 2.69. The van der Waals surface area contributed by atoms with Crippen molar-refractivity contribution in [2.24, 2.45) is 5.41 Å². The largest absolute Gasteiger partial charge is 0.443 e. The quantitative estimate of drug-likeness (QED) is 0.360. The number of hydrogen-bond acceptors (Lipinski definition) is 7. The fourth-order valence-electron chi connectivity index (χ4n) is 6.10. The third-order valence-electron chi connectivity index (χ3n) is 7.96. The Bertz CT molecular complexity index is 1500. The minimum Gasteiger partial charge on any atom is -0.443 e. The zero-order valence-electron chi connectivity index (χ0n) is 19.8. The van der Waals surface area contributed by atoms with Gasteiger partial charge in [-0.3, -0.25) is 4.98 Å². The van der Waals surface area contributed by atoms with Gasteiger partial charge < -0.3 is 9.52 Å². The van der Waals surface area contributed by atoms with Crippen LogP contribution in [0.25, 0.3) is 22.8 Å². The van der Waals surface area contributed by atoms with E-state index in [1.54, 1.807) is 12.3 Å². The van der Waals surface area contributed by atoms with Crippen molar-refractivity contribution in [2.45, 2.75) is 50.6 Å². The molecule has 0 radical (unpaired) electrons. The molecular formula is C26H21F4N5O2. The van der Waals surface area contributed by atoms with Crippen LogP contribution in [0.15, 0.2) is 47.3 Å². The van der Waals surface area contributed by atoms with Crippen LogP contribution in [0.2, 0.25) is 0 Å². The molecule has 3 aromatic heterocycles. The molecule has 7 nitrogen and oxygen atoms in total. The summed E-state index contributed by atoms with van der Waals surface area (Å²) in [6.07, 6.45) is 0.379. The Hall–Kier alpha value is -3.73. The Balaban J connectivity index is 1.46. The van der Waals surface area contributed by atoms with Crippen molar-refractivity contribution < 1.29 is 27.1 Å². The van der Waals surface area contributed by atoms with Crippen LogP contribution in [-0.4, -0.2) is 36.7 Å². The summed E-state index contributed by atoms with van der Waals surface area (Å²) in [6, 6.07) is 5.37. The van der Waals surface area contributed by atoms with Crippen molar-refractivity contribution in [3.8, 4) is 22.8 Å².